The van der Waals surface area contributed by atoms with Crippen LogP contribution >= 0.6 is 0 Å². The summed E-state index contributed by atoms with van der Waals surface area (Å²) in [6.45, 7) is 6.42. The predicted octanol–water partition coefficient (Wildman–Crippen LogP) is 4.62. The number of aryl methyl sites for hydroxylation is 2. The normalized spacial score (nSPS) is 12.0. The highest BCUT2D eigenvalue weighted by atomic mass is 16.5. The van der Waals surface area contributed by atoms with E-state index in [0.29, 0.717) is 6.54 Å². The molecule has 5 nitrogen and oxygen atoms in total. The zero-order valence-corrected chi connectivity index (χ0v) is 15.6. The molecule has 0 saturated carbocycles. The van der Waals surface area contributed by atoms with E-state index in [0.717, 1.165) is 33.6 Å². The van der Waals surface area contributed by atoms with Crippen LogP contribution in [-0.2, 0) is 6.54 Å². The number of urea groups is 1. The average molecular weight is 352 g/mol. The van der Waals surface area contributed by atoms with E-state index in [-0.39, 0.29) is 12.1 Å². The van der Waals surface area contributed by atoms with Crippen molar-refractivity contribution in [3.05, 3.63) is 64.9 Å². The minimum Gasteiger partial charge on any atom is -0.497 e. The first-order chi connectivity index (χ1) is 12.5. The van der Waals surface area contributed by atoms with Crippen molar-refractivity contribution in [3.8, 4) is 5.75 Å². The molecule has 3 aromatic rings. The molecule has 0 aliphatic heterocycles. The number of methoxy groups -OCH3 is 1. The highest BCUT2D eigenvalue weighted by Crippen LogP contribution is 2.31. The van der Waals surface area contributed by atoms with Crippen LogP contribution in [0, 0.1) is 13.8 Å². The van der Waals surface area contributed by atoms with E-state index in [1.54, 1.807) is 7.11 Å². The fourth-order valence-corrected chi connectivity index (χ4v) is 3.08. The third-order valence-corrected chi connectivity index (χ3v) is 4.46. The van der Waals surface area contributed by atoms with Gasteiger partial charge in [0, 0.05) is 17.5 Å². The Morgan fingerprint density at radius 3 is 2.73 bits per heavy atom. The van der Waals surface area contributed by atoms with Gasteiger partial charge >= 0.3 is 6.03 Å². The Bertz CT molecular complexity index is 930. The van der Waals surface area contributed by atoms with Crippen molar-refractivity contribution in [1.82, 2.24) is 10.6 Å². The van der Waals surface area contributed by atoms with Gasteiger partial charge < -0.3 is 19.8 Å². The van der Waals surface area contributed by atoms with E-state index in [9.17, 15) is 4.79 Å². The largest absolute Gasteiger partial charge is 0.497 e. The van der Waals surface area contributed by atoms with Crippen molar-refractivity contribution in [3.63, 3.8) is 0 Å². The molecule has 0 aliphatic carbocycles. The van der Waals surface area contributed by atoms with E-state index >= 15 is 0 Å². The topological polar surface area (TPSA) is 63.5 Å². The molecule has 0 bridgehead atoms. The van der Waals surface area contributed by atoms with Crippen molar-refractivity contribution in [2.45, 2.75) is 33.4 Å². The molecule has 1 atom stereocenters. The molecule has 2 amide bonds. The highest BCUT2D eigenvalue weighted by molar-refractivity contribution is 5.84. The van der Waals surface area contributed by atoms with E-state index in [2.05, 4.69) is 16.7 Å². The first-order valence-electron chi connectivity index (χ1n) is 8.65. The van der Waals surface area contributed by atoms with Gasteiger partial charge in [0.1, 0.15) is 17.1 Å². The summed E-state index contributed by atoms with van der Waals surface area (Å²) in [6.07, 6.45) is 0. The highest BCUT2D eigenvalue weighted by Gasteiger charge is 2.18. The number of rotatable bonds is 5. The second kappa shape index (κ2) is 7.52. The zero-order valence-electron chi connectivity index (χ0n) is 15.6. The number of hydrogen-bond acceptors (Lipinski definition) is 3. The maximum absolute atomic E-state index is 12.2. The second-order valence-electron chi connectivity index (χ2n) is 6.49. The number of nitrogens with one attached hydrogen (secondary N) is 2. The first kappa shape index (κ1) is 17.9. The van der Waals surface area contributed by atoms with Gasteiger partial charge in [0.2, 0.25) is 0 Å². The van der Waals surface area contributed by atoms with Gasteiger partial charge in [-0.2, -0.15) is 0 Å². The molecule has 3 rings (SSSR count). The number of carbonyl (C=O) groups is 1. The number of fused-ring (bicyclic) bond motifs is 1. The van der Waals surface area contributed by atoms with Gasteiger partial charge in [0.25, 0.3) is 0 Å². The molecular formula is C21H24N2O3. The summed E-state index contributed by atoms with van der Waals surface area (Å²) in [7, 11) is 1.64. The lowest BCUT2D eigenvalue weighted by atomic mass is 10.1. The molecule has 2 N–H and O–H groups in total. The number of amides is 2. The van der Waals surface area contributed by atoms with E-state index in [1.807, 2.05) is 57.2 Å². The maximum atomic E-state index is 12.2. The summed E-state index contributed by atoms with van der Waals surface area (Å²) >= 11 is 0. The van der Waals surface area contributed by atoms with Gasteiger partial charge in [-0.05, 0) is 44.5 Å². The molecule has 0 saturated heterocycles. The van der Waals surface area contributed by atoms with Crippen molar-refractivity contribution < 1.29 is 13.9 Å². The lowest BCUT2D eigenvalue weighted by molar-refractivity contribution is 0.236. The van der Waals surface area contributed by atoms with Gasteiger partial charge in [-0.25, -0.2) is 4.79 Å². The minimum absolute atomic E-state index is 0.226. The van der Waals surface area contributed by atoms with E-state index < -0.39 is 0 Å². The third-order valence-electron chi connectivity index (χ3n) is 4.46. The summed E-state index contributed by atoms with van der Waals surface area (Å²) < 4.78 is 11.2. The van der Waals surface area contributed by atoms with Crippen molar-refractivity contribution in [2.75, 3.05) is 7.11 Å². The molecule has 0 spiro atoms. The van der Waals surface area contributed by atoms with Crippen LogP contribution in [0.2, 0.25) is 0 Å². The minimum atomic E-state index is -0.245. The smallest absolute Gasteiger partial charge is 0.315 e. The Balaban J connectivity index is 1.67. The van der Waals surface area contributed by atoms with Gasteiger partial charge in [-0.3, -0.25) is 0 Å². The summed E-state index contributed by atoms with van der Waals surface area (Å²) in [4.78, 5) is 12.2. The first-order valence-corrected chi connectivity index (χ1v) is 8.65. The van der Waals surface area contributed by atoms with Crippen LogP contribution in [0.4, 0.5) is 4.79 Å². The van der Waals surface area contributed by atoms with Crippen LogP contribution in [0.3, 0.4) is 0 Å². The maximum Gasteiger partial charge on any atom is 0.315 e. The van der Waals surface area contributed by atoms with Crippen molar-refractivity contribution in [1.29, 1.82) is 0 Å². The monoisotopic (exact) mass is 352 g/mol. The molecule has 26 heavy (non-hydrogen) atoms. The fraction of sp³-hybridized carbons (Fsp3) is 0.286. The summed E-state index contributed by atoms with van der Waals surface area (Å²) in [6, 6.07) is 13.3. The molecule has 1 unspecified atom stereocenters. The molecule has 0 aliphatic rings. The Kier molecular flexibility index (Phi) is 5.16. The average Bonchev–Trinajstić information content (AvgIpc) is 2.96. The fourth-order valence-electron chi connectivity index (χ4n) is 3.08. The van der Waals surface area contributed by atoms with E-state index in [1.165, 1.54) is 5.56 Å². The van der Waals surface area contributed by atoms with E-state index in [4.69, 9.17) is 9.15 Å². The van der Waals surface area contributed by atoms with Crippen molar-refractivity contribution in [2.24, 2.45) is 0 Å². The predicted molar refractivity (Wildman–Crippen MR) is 102 cm³/mol. The quantitative estimate of drug-likeness (QED) is 0.704. The van der Waals surface area contributed by atoms with Crippen LogP contribution in [0.15, 0.2) is 46.9 Å². The summed E-state index contributed by atoms with van der Waals surface area (Å²) in [5.74, 6) is 1.53. The van der Waals surface area contributed by atoms with Crippen LogP contribution in [0.5, 0.6) is 5.75 Å². The Morgan fingerprint density at radius 1 is 1.19 bits per heavy atom. The lowest BCUT2D eigenvalue weighted by Crippen LogP contribution is -2.36. The third kappa shape index (κ3) is 3.82. The molecule has 2 aromatic carbocycles. The molecule has 0 fully saturated rings. The molecule has 1 aromatic heterocycles. The second-order valence-corrected chi connectivity index (χ2v) is 6.49. The lowest BCUT2D eigenvalue weighted by Gasteiger charge is -2.14. The number of ether oxygens (including phenoxy) is 1. The number of carbonyl (C=O) groups excluding carboxylic acids is 1. The van der Waals surface area contributed by atoms with Gasteiger partial charge in [0.05, 0.1) is 13.2 Å². The zero-order chi connectivity index (χ0) is 18.7. The van der Waals surface area contributed by atoms with Crippen molar-refractivity contribution >= 4 is 17.0 Å². The summed E-state index contributed by atoms with van der Waals surface area (Å²) in [5, 5.41) is 6.82. The SMILES string of the molecule is COc1ccc2oc(C(C)NC(=O)NCc3cccc(C)c3)c(C)c2c1. The standard InChI is InChI=1S/C21H24N2O3/c1-13-6-5-7-16(10-13)12-22-21(24)23-15(3)20-14(2)18-11-17(25-4)8-9-19(18)26-20/h5-11,15H,12H2,1-4H3,(H2,22,23,24). The Hall–Kier alpha value is -2.95. The molecule has 136 valence electrons. The molecular weight excluding hydrogens is 328 g/mol. The van der Waals surface area contributed by atoms with Crippen LogP contribution in [0.1, 0.15) is 35.4 Å². The van der Waals surface area contributed by atoms with Crippen LogP contribution < -0.4 is 15.4 Å². The molecule has 0 radical (unpaired) electrons. The Labute approximate surface area is 153 Å². The number of furan rings is 1. The Morgan fingerprint density at radius 2 is 2.00 bits per heavy atom. The van der Waals surface area contributed by atoms with Crippen LogP contribution in [-0.4, -0.2) is 13.1 Å². The summed E-state index contributed by atoms with van der Waals surface area (Å²) in [5.41, 5.74) is 4.03. The van der Waals surface area contributed by atoms with Gasteiger partial charge in [-0.15, -0.1) is 0 Å². The molecule has 1 heterocycles. The number of benzene rings is 2. The number of hydrogen-bond donors (Lipinski definition) is 2. The molecule has 5 heteroatoms. The van der Waals surface area contributed by atoms with Gasteiger partial charge in [0.15, 0.2) is 0 Å². The van der Waals surface area contributed by atoms with Crippen LogP contribution in [0.25, 0.3) is 11.0 Å². The van der Waals surface area contributed by atoms with Gasteiger partial charge in [-0.1, -0.05) is 29.8 Å².